The summed E-state index contributed by atoms with van der Waals surface area (Å²) in [5.74, 6) is 0.277. The van der Waals surface area contributed by atoms with Crippen molar-refractivity contribution >= 4 is 11.6 Å². The zero-order chi connectivity index (χ0) is 15.5. The molecule has 0 aliphatic rings. The van der Waals surface area contributed by atoms with E-state index < -0.39 is 5.97 Å². The van der Waals surface area contributed by atoms with Crippen LogP contribution in [0, 0.1) is 0 Å². The van der Waals surface area contributed by atoms with E-state index in [0.29, 0.717) is 17.2 Å². The van der Waals surface area contributed by atoms with Crippen LogP contribution in [0.5, 0.6) is 11.5 Å². The van der Waals surface area contributed by atoms with Gasteiger partial charge in [-0.05, 0) is 24.3 Å². The summed E-state index contributed by atoms with van der Waals surface area (Å²) in [6.07, 6.45) is 0. The Bertz CT molecular complexity index is 829. The summed E-state index contributed by atoms with van der Waals surface area (Å²) in [5.41, 5.74) is 0.792. The molecule has 2 aromatic heterocycles. The summed E-state index contributed by atoms with van der Waals surface area (Å²) >= 11 is 0. The number of methoxy groups -OCH3 is 1. The molecule has 0 bridgehead atoms. The third-order valence-corrected chi connectivity index (χ3v) is 3.02. The van der Waals surface area contributed by atoms with Gasteiger partial charge in [0.2, 0.25) is 0 Å². The number of benzene rings is 1. The van der Waals surface area contributed by atoms with Gasteiger partial charge in [0.25, 0.3) is 0 Å². The summed E-state index contributed by atoms with van der Waals surface area (Å²) in [5, 5.41) is 13.9. The Labute approximate surface area is 125 Å². The number of phenols is 1. The molecule has 0 unspecified atom stereocenters. The largest absolute Gasteiger partial charge is 0.504 e. The molecule has 0 aliphatic heterocycles. The highest BCUT2D eigenvalue weighted by molar-refractivity contribution is 5.88. The molecule has 0 spiro atoms. The molecule has 3 rings (SSSR count). The number of phenolic OH excluding ortho intramolecular Hbond substituents is 1. The standard InChI is InChI=1S/C15H13N3O4/c1-21-15(20)10-5-4-8-14-16-13(17-18(10)14)9-22-12-7-3-2-6-11(12)19/h2-8,19H,9H2,1H3. The fraction of sp³-hybridized carbons (Fsp3) is 0.133. The zero-order valence-electron chi connectivity index (χ0n) is 11.8. The van der Waals surface area contributed by atoms with Gasteiger partial charge < -0.3 is 14.6 Å². The van der Waals surface area contributed by atoms with E-state index in [4.69, 9.17) is 9.47 Å². The van der Waals surface area contributed by atoms with E-state index in [1.807, 2.05) is 0 Å². The van der Waals surface area contributed by atoms with Crippen LogP contribution >= 0.6 is 0 Å². The molecule has 0 saturated heterocycles. The third-order valence-electron chi connectivity index (χ3n) is 3.02. The van der Waals surface area contributed by atoms with Crippen LogP contribution in [0.2, 0.25) is 0 Å². The zero-order valence-corrected chi connectivity index (χ0v) is 11.8. The number of ether oxygens (including phenoxy) is 2. The predicted molar refractivity (Wildman–Crippen MR) is 76.8 cm³/mol. The first-order valence-electron chi connectivity index (χ1n) is 6.53. The van der Waals surface area contributed by atoms with Gasteiger partial charge in [0, 0.05) is 0 Å². The number of carbonyl (C=O) groups excluding carboxylic acids is 1. The lowest BCUT2D eigenvalue weighted by Crippen LogP contribution is -2.09. The third kappa shape index (κ3) is 2.56. The minimum atomic E-state index is -0.497. The second kappa shape index (κ2) is 5.72. The SMILES string of the molecule is COC(=O)c1cccc2nc(COc3ccccc3O)nn12. The van der Waals surface area contributed by atoms with Crippen LogP contribution < -0.4 is 4.74 Å². The molecule has 22 heavy (non-hydrogen) atoms. The number of rotatable bonds is 4. The van der Waals surface area contributed by atoms with Crippen molar-refractivity contribution in [2.75, 3.05) is 7.11 Å². The van der Waals surface area contributed by atoms with E-state index in [1.54, 1.807) is 36.4 Å². The molecule has 7 heteroatoms. The Balaban J connectivity index is 1.86. The molecule has 7 nitrogen and oxygen atoms in total. The van der Waals surface area contributed by atoms with Crippen molar-refractivity contribution in [2.45, 2.75) is 6.61 Å². The molecule has 0 fully saturated rings. The number of pyridine rings is 1. The van der Waals surface area contributed by atoms with E-state index in [9.17, 15) is 9.90 Å². The molecule has 0 amide bonds. The molecule has 2 heterocycles. The summed E-state index contributed by atoms with van der Waals surface area (Å²) < 4.78 is 11.6. The first kappa shape index (κ1) is 13.9. The van der Waals surface area contributed by atoms with Gasteiger partial charge in [0.05, 0.1) is 7.11 Å². The number of fused-ring (bicyclic) bond motifs is 1. The molecule has 0 radical (unpaired) electrons. The van der Waals surface area contributed by atoms with Gasteiger partial charge >= 0.3 is 5.97 Å². The van der Waals surface area contributed by atoms with Crippen molar-refractivity contribution < 1.29 is 19.4 Å². The average Bonchev–Trinajstić information content (AvgIpc) is 2.96. The summed E-state index contributed by atoms with van der Waals surface area (Å²) in [4.78, 5) is 16.0. The van der Waals surface area contributed by atoms with Crippen LogP contribution in [0.25, 0.3) is 5.65 Å². The monoisotopic (exact) mass is 299 g/mol. The van der Waals surface area contributed by atoms with Crippen LogP contribution in [-0.2, 0) is 11.3 Å². The number of hydrogen-bond acceptors (Lipinski definition) is 6. The van der Waals surface area contributed by atoms with E-state index in [2.05, 4.69) is 10.1 Å². The van der Waals surface area contributed by atoms with Gasteiger partial charge in [-0.15, -0.1) is 5.10 Å². The Morgan fingerprint density at radius 3 is 2.82 bits per heavy atom. The number of aromatic hydroxyl groups is 1. The van der Waals surface area contributed by atoms with E-state index in [0.717, 1.165) is 0 Å². The fourth-order valence-electron chi connectivity index (χ4n) is 1.99. The molecule has 0 atom stereocenters. The van der Waals surface area contributed by atoms with Crippen molar-refractivity contribution in [1.29, 1.82) is 0 Å². The van der Waals surface area contributed by atoms with Crippen LogP contribution in [0.4, 0.5) is 0 Å². The molecule has 112 valence electrons. The molecular formula is C15H13N3O4. The number of aromatic nitrogens is 3. The van der Waals surface area contributed by atoms with Gasteiger partial charge in [0.1, 0.15) is 6.61 Å². The number of carbonyl (C=O) groups is 1. The summed E-state index contributed by atoms with van der Waals surface area (Å²) in [7, 11) is 1.31. The first-order chi connectivity index (χ1) is 10.7. The van der Waals surface area contributed by atoms with Crippen LogP contribution in [-0.4, -0.2) is 32.8 Å². The lowest BCUT2D eigenvalue weighted by molar-refractivity contribution is 0.0590. The van der Waals surface area contributed by atoms with Gasteiger partial charge in [-0.2, -0.15) is 0 Å². The maximum Gasteiger partial charge on any atom is 0.356 e. The second-order valence-corrected chi connectivity index (χ2v) is 4.46. The van der Waals surface area contributed by atoms with Gasteiger partial charge in [-0.1, -0.05) is 18.2 Å². The van der Waals surface area contributed by atoms with Crippen LogP contribution in [0.1, 0.15) is 16.3 Å². The Hall–Kier alpha value is -3.09. The van der Waals surface area contributed by atoms with Crippen molar-refractivity contribution in [3.8, 4) is 11.5 Å². The van der Waals surface area contributed by atoms with Crippen molar-refractivity contribution in [1.82, 2.24) is 14.6 Å². The van der Waals surface area contributed by atoms with Gasteiger partial charge in [-0.25, -0.2) is 14.3 Å². The van der Waals surface area contributed by atoms with Gasteiger partial charge in [-0.3, -0.25) is 0 Å². The minimum Gasteiger partial charge on any atom is -0.504 e. The highest BCUT2D eigenvalue weighted by atomic mass is 16.5. The van der Waals surface area contributed by atoms with Crippen LogP contribution in [0.3, 0.4) is 0 Å². The summed E-state index contributed by atoms with van der Waals surface area (Å²) in [6.45, 7) is 0.0693. The lowest BCUT2D eigenvalue weighted by atomic mass is 10.3. The number of esters is 1. The molecule has 1 aromatic carbocycles. The molecule has 3 aromatic rings. The number of nitrogens with zero attached hydrogens (tertiary/aromatic N) is 3. The minimum absolute atomic E-state index is 0.0431. The molecular weight excluding hydrogens is 286 g/mol. The van der Waals surface area contributed by atoms with Crippen molar-refractivity contribution in [3.05, 3.63) is 54.0 Å². The van der Waals surface area contributed by atoms with E-state index >= 15 is 0 Å². The van der Waals surface area contributed by atoms with E-state index in [-0.39, 0.29) is 18.1 Å². The average molecular weight is 299 g/mol. The smallest absolute Gasteiger partial charge is 0.356 e. The molecule has 0 aliphatic carbocycles. The predicted octanol–water partition coefficient (Wildman–Crippen LogP) is 1.80. The van der Waals surface area contributed by atoms with Gasteiger partial charge in [0.15, 0.2) is 28.7 Å². The maximum absolute atomic E-state index is 11.7. The quantitative estimate of drug-likeness (QED) is 0.739. The highest BCUT2D eigenvalue weighted by Crippen LogP contribution is 2.25. The molecule has 1 N–H and O–H groups in total. The normalized spacial score (nSPS) is 10.6. The first-order valence-corrected chi connectivity index (χ1v) is 6.53. The Morgan fingerprint density at radius 2 is 2.05 bits per heavy atom. The fourth-order valence-corrected chi connectivity index (χ4v) is 1.99. The molecule has 0 saturated carbocycles. The summed E-state index contributed by atoms with van der Waals surface area (Å²) in [6, 6.07) is 11.6. The highest BCUT2D eigenvalue weighted by Gasteiger charge is 2.14. The second-order valence-electron chi connectivity index (χ2n) is 4.46. The maximum atomic E-state index is 11.7. The Kier molecular flexibility index (Phi) is 3.61. The number of hydrogen-bond donors (Lipinski definition) is 1. The van der Waals surface area contributed by atoms with Crippen LogP contribution in [0.15, 0.2) is 42.5 Å². The topological polar surface area (TPSA) is 86.0 Å². The van der Waals surface area contributed by atoms with E-state index in [1.165, 1.54) is 17.7 Å². The lowest BCUT2D eigenvalue weighted by Gasteiger charge is -2.04. The van der Waals surface area contributed by atoms with Crippen molar-refractivity contribution in [2.24, 2.45) is 0 Å². The van der Waals surface area contributed by atoms with Crippen molar-refractivity contribution in [3.63, 3.8) is 0 Å². The number of para-hydroxylation sites is 2. The Morgan fingerprint density at radius 1 is 1.23 bits per heavy atom.